The molecule has 1 fully saturated rings. The van der Waals surface area contributed by atoms with Crippen LogP contribution in [-0.4, -0.2) is 43.8 Å². The van der Waals surface area contributed by atoms with Crippen LogP contribution in [0.5, 0.6) is 0 Å². The second-order valence-electron chi connectivity index (χ2n) is 4.61. The Hall–Kier alpha value is -0.770. The lowest BCUT2D eigenvalue weighted by Gasteiger charge is -2.35. The number of nitrogens with one attached hydrogen (secondary N) is 1. The lowest BCUT2D eigenvalue weighted by Crippen LogP contribution is -2.46. The first-order valence-electron chi connectivity index (χ1n) is 6.61. The van der Waals surface area contributed by atoms with Crippen molar-refractivity contribution in [3.05, 3.63) is 29.3 Å². The van der Waals surface area contributed by atoms with E-state index < -0.39 is 0 Å². The molecule has 18 heavy (non-hydrogen) atoms. The third kappa shape index (κ3) is 3.87. The Labute approximate surface area is 114 Å². The van der Waals surface area contributed by atoms with Crippen LogP contribution in [0.3, 0.4) is 0 Å². The van der Waals surface area contributed by atoms with E-state index in [0.29, 0.717) is 6.04 Å². The minimum atomic E-state index is 0.575. The molecule has 0 saturated carbocycles. The molecule has 1 unspecified atom stereocenters. The highest BCUT2D eigenvalue weighted by atomic mass is 35.5. The number of hydrogen-bond donors (Lipinski definition) is 1. The van der Waals surface area contributed by atoms with Gasteiger partial charge >= 0.3 is 0 Å². The van der Waals surface area contributed by atoms with Crippen LogP contribution in [0.4, 0.5) is 5.69 Å². The Kier molecular flexibility index (Phi) is 5.29. The molecule has 1 heterocycles. The summed E-state index contributed by atoms with van der Waals surface area (Å²) in [6.45, 7) is 7.01. The zero-order chi connectivity index (χ0) is 12.8. The smallest absolute Gasteiger partial charge is 0.0622 e. The van der Waals surface area contributed by atoms with Gasteiger partial charge in [-0.05, 0) is 30.7 Å². The molecule has 1 aromatic rings. The zero-order valence-electron chi connectivity index (χ0n) is 10.9. The van der Waals surface area contributed by atoms with E-state index in [4.69, 9.17) is 16.3 Å². The highest BCUT2D eigenvalue weighted by molar-refractivity contribution is 6.30. The molecule has 1 aliphatic rings. The van der Waals surface area contributed by atoms with Gasteiger partial charge in [0.1, 0.15) is 0 Å². The number of ether oxygens (including phenoxy) is 1. The summed E-state index contributed by atoms with van der Waals surface area (Å²) in [5.74, 6) is 0. The molecule has 2 rings (SSSR count). The van der Waals surface area contributed by atoms with Crippen LogP contribution >= 0.6 is 11.6 Å². The van der Waals surface area contributed by atoms with Gasteiger partial charge in [0.2, 0.25) is 0 Å². The summed E-state index contributed by atoms with van der Waals surface area (Å²) < 4.78 is 5.50. The molecule has 1 aliphatic heterocycles. The van der Waals surface area contributed by atoms with Crippen LogP contribution in [0.2, 0.25) is 5.02 Å². The molecule has 1 atom stereocenters. The van der Waals surface area contributed by atoms with Crippen molar-refractivity contribution in [3.63, 3.8) is 0 Å². The number of hydrogen-bond acceptors (Lipinski definition) is 3. The molecule has 4 heteroatoms. The standard InChI is InChI=1S/C14H21ClN2O/c1-2-14-11-18-10-9-17(14)8-7-16-13-5-3-12(15)4-6-13/h3-6,14,16H,2,7-11H2,1H3. The number of halogens is 1. The maximum Gasteiger partial charge on any atom is 0.0622 e. The maximum absolute atomic E-state index is 5.86. The summed E-state index contributed by atoms with van der Waals surface area (Å²) in [5, 5.41) is 4.20. The van der Waals surface area contributed by atoms with E-state index in [9.17, 15) is 0 Å². The molecule has 1 aromatic carbocycles. The van der Waals surface area contributed by atoms with E-state index >= 15 is 0 Å². The molecule has 3 nitrogen and oxygen atoms in total. The van der Waals surface area contributed by atoms with Crippen LogP contribution in [0.25, 0.3) is 0 Å². The van der Waals surface area contributed by atoms with Crippen molar-refractivity contribution in [2.45, 2.75) is 19.4 Å². The van der Waals surface area contributed by atoms with Gasteiger partial charge in [-0.15, -0.1) is 0 Å². The Morgan fingerprint density at radius 1 is 1.39 bits per heavy atom. The summed E-state index contributed by atoms with van der Waals surface area (Å²) in [5.41, 5.74) is 1.13. The SMILES string of the molecule is CCC1COCCN1CCNc1ccc(Cl)cc1. The third-order valence-electron chi connectivity index (χ3n) is 3.39. The van der Waals surface area contributed by atoms with Gasteiger partial charge in [0, 0.05) is 36.4 Å². The highest BCUT2D eigenvalue weighted by Crippen LogP contribution is 2.14. The second kappa shape index (κ2) is 6.98. The Bertz CT molecular complexity index is 355. The van der Waals surface area contributed by atoms with E-state index in [1.165, 1.54) is 0 Å². The first-order chi connectivity index (χ1) is 8.79. The number of anilines is 1. The summed E-state index contributed by atoms with van der Waals surface area (Å²) in [7, 11) is 0. The van der Waals surface area contributed by atoms with Crippen LogP contribution in [0, 0.1) is 0 Å². The lowest BCUT2D eigenvalue weighted by molar-refractivity contribution is -0.00648. The van der Waals surface area contributed by atoms with Gasteiger partial charge in [0.05, 0.1) is 13.2 Å². The van der Waals surface area contributed by atoms with E-state index in [-0.39, 0.29) is 0 Å². The Morgan fingerprint density at radius 2 is 2.17 bits per heavy atom. The monoisotopic (exact) mass is 268 g/mol. The average Bonchev–Trinajstić information content (AvgIpc) is 2.41. The predicted molar refractivity (Wildman–Crippen MR) is 76.4 cm³/mol. The van der Waals surface area contributed by atoms with Gasteiger partial charge in [-0.25, -0.2) is 0 Å². The molecule has 100 valence electrons. The van der Waals surface area contributed by atoms with Gasteiger partial charge < -0.3 is 10.1 Å². The van der Waals surface area contributed by atoms with E-state index in [0.717, 1.165) is 50.0 Å². The minimum absolute atomic E-state index is 0.575. The van der Waals surface area contributed by atoms with Crippen LogP contribution in [-0.2, 0) is 4.74 Å². The fourth-order valence-electron chi connectivity index (χ4n) is 2.27. The van der Waals surface area contributed by atoms with E-state index in [1.807, 2.05) is 24.3 Å². The van der Waals surface area contributed by atoms with Crippen molar-refractivity contribution in [2.24, 2.45) is 0 Å². The maximum atomic E-state index is 5.86. The molecule has 0 aromatic heterocycles. The number of nitrogens with zero attached hydrogens (tertiary/aromatic N) is 1. The van der Waals surface area contributed by atoms with Gasteiger partial charge in [-0.3, -0.25) is 4.90 Å². The third-order valence-corrected chi connectivity index (χ3v) is 3.65. The summed E-state index contributed by atoms with van der Waals surface area (Å²) in [6, 6.07) is 8.42. The van der Waals surface area contributed by atoms with Crippen molar-refractivity contribution in [2.75, 3.05) is 38.2 Å². The Balaban J connectivity index is 1.75. The van der Waals surface area contributed by atoms with Crippen LogP contribution in [0.1, 0.15) is 13.3 Å². The normalized spacial score (nSPS) is 20.9. The number of morpholine rings is 1. The van der Waals surface area contributed by atoms with Gasteiger partial charge in [0.15, 0.2) is 0 Å². The molecule has 1 N–H and O–H groups in total. The van der Waals surface area contributed by atoms with Gasteiger partial charge in [0.25, 0.3) is 0 Å². The van der Waals surface area contributed by atoms with Crippen molar-refractivity contribution in [1.29, 1.82) is 0 Å². The first-order valence-corrected chi connectivity index (χ1v) is 6.98. The Morgan fingerprint density at radius 3 is 2.89 bits per heavy atom. The van der Waals surface area contributed by atoms with Crippen molar-refractivity contribution < 1.29 is 4.74 Å². The van der Waals surface area contributed by atoms with Crippen LogP contribution in [0.15, 0.2) is 24.3 Å². The van der Waals surface area contributed by atoms with Crippen molar-refractivity contribution >= 4 is 17.3 Å². The average molecular weight is 269 g/mol. The van der Waals surface area contributed by atoms with E-state index in [2.05, 4.69) is 17.1 Å². The van der Waals surface area contributed by atoms with Gasteiger partial charge in [-0.1, -0.05) is 18.5 Å². The van der Waals surface area contributed by atoms with Gasteiger partial charge in [-0.2, -0.15) is 0 Å². The predicted octanol–water partition coefficient (Wildman–Crippen LogP) is 2.86. The fraction of sp³-hybridized carbons (Fsp3) is 0.571. The van der Waals surface area contributed by atoms with Crippen LogP contribution < -0.4 is 5.32 Å². The first kappa shape index (κ1) is 13.7. The minimum Gasteiger partial charge on any atom is -0.384 e. The van der Waals surface area contributed by atoms with Crippen molar-refractivity contribution in [1.82, 2.24) is 4.90 Å². The topological polar surface area (TPSA) is 24.5 Å². The summed E-state index contributed by atoms with van der Waals surface area (Å²) >= 11 is 5.86. The number of rotatable bonds is 5. The summed E-state index contributed by atoms with van der Waals surface area (Å²) in [6.07, 6.45) is 1.15. The van der Waals surface area contributed by atoms with E-state index in [1.54, 1.807) is 0 Å². The largest absolute Gasteiger partial charge is 0.384 e. The lowest BCUT2D eigenvalue weighted by atomic mass is 10.2. The summed E-state index contributed by atoms with van der Waals surface area (Å²) in [4.78, 5) is 2.51. The number of benzene rings is 1. The molecule has 0 spiro atoms. The molecule has 0 radical (unpaired) electrons. The fourth-order valence-corrected chi connectivity index (χ4v) is 2.40. The molecule has 0 aliphatic carbocycles. The highest BCUT2D eigenvalue weighted by Gasteiger charge is 2.20. The molecular weight excluding hydrogens is 248 g/mol. The molecule has 1 saturated heterocycles. The zero-order valence-corrected chi connectivity index (χ0v) is 11.6. The quantitative estimate of drug-likeness (QED) is 0.889. The molecular formula is C14H21ClN2O. The molecule has 0 bridgehead atoms. The molecule has 0 amide bonds. The van der Waals surface area contributed by atoms with Crippen molar-refractivity contribution in [3.8, 4) is 0 Å². The second-order valence-corrected chi connectivity index (χ2v) is 5.04.